The molecule has 6 nitrogen and oxygen atoms in total. The molecular weight excluding hydrogens is 392 g/mol. The molecule has 4 aromatic rings. The van der Waals surface area contributed by atoms with Gasteiger partial charge in [-0.15, -0.1) is 0 Å². The summed E-state index contributed by atoms with van der Waals surface area (Å²) in [5.41, 5.74) is 2.02. The number of H-pyrrole nitrogens is 1. The van der Waals surface area contributed by atoms with Gasteiger partial charge in [0.1, 0.15) is 25.1 Å². The molecule has 3 aromatic carbocycles. The standard InChI is InChI=1S/C25H28N2O4/c1-2-29-22-11-5-6-12-23(22)30-15-14-26-16-18(28)17-31-24-13-7-9-20-19-8-3-4-10-21(19)27-25(20)24/h3-13,18,26-28H,2,14-17H2,1H3. The highest BCUT2D eigenvalue weighted by molar-refractivity contribution is 6.09. The minimum Gasteiger partial charge on any atom is -0.490 e. The average Bonchev–Trinajstić information content (AvgIpc) is 3.18. The van der Waals surface area contributed by atoms with Gasteiger partial charge in [-0.25, -0.2) is 0 Å². The molecule has 0 fully saturated rings. The van der Waals surface area contributed by atoms with Gasteiger partial charge in [0.15, 0.2) is 11.5 Å². The number of aromatic nitrogens is 1. The molecule has 4 rings (SSSR count). The summed E-state index contributed by atoms with van der Waals surface area (Å²) in [6, 6.07) is 21.7. The number of fused-ring (bicyclic) bond motifs is 3. The molecule has 0 bridgehead atoms. The van der Waals surface area contributed by atoms with Gasteiger partial charge >= 0.3 is 0 Å². The van der Waals surface area contributed by atoms with Gasteiger partial charge in [0.25, 0.3) is 0 Å². The number of hydrogen-bond acceptors (Lipinski definition) is 5. The van der Waals surface area contributed by atoms with E-state index >= 15 is 0 Å². The molecule has 31 heavy (non-hydrogen) atoms. The summed E-state index contributed by atoms with van der Waals surface area (Å²) in [4.78, 5) is 3.41. The molecule has 0 saturated carbocycles. The van der Waals surface area contributed by atoms with Crippen molar-refractivity contribution < 1.29 is 19.3 Å². The Morgan fingerprint density at radius 1 is 0.839 bits per heavy atom. The quantitative estimate of drug-likeness (QED) is 0.318. The van der Waals surface area contributed by atoms with E-state index in [4.69, 9.17) is 14.2 Å². The molecule has 0 aliphatic carbocycles. The summed E-state index contributed by atoms with van der Waals surface area (Å²) < 4.78 is 17.2. The maximum atomic E-state index is 10.3. The van der Waals surface area contributed by atoms with Gasteiger partial charge in [-0.2, -0.15) is 0 Å². The van der Waals surface area contributed by atoms with Crippen LogP contribution in [0.3, 0.4) is 0 Å². The van der Waals surface area contributed by atoms with E-state index < -0.39 is 6.10 Å². The van der Waals surface area contributed by atoms with Crippen molar-refractivity contribution in [3.05, 3.63) is 66.7 Å². The third-order valence-electron chi connectivity index (χ3n) is 5.00. The maximum Gasteiger partial charge on any atom is 0.161 e. The average molecular weight is 421 g/mol. The zero-order valence-electron chi connectivity index (χ0n) is 17.6. The van der Waals surface area contributed by atoms with Gasteiger partial charge in [0.2, 0.25) is 0 Å². The van der Waals surface area contributed by atoms with Gasteiger partial charge in [-0.3, -0.25) is 0 Å². The minimum absolute atomic E-state index is 0.204. The highest BCUT2D eigenvalue weighted by Crippen LogP contribution is 2.31. The molecule has 3 N–H and O–H groups in total. The predicted molar refractivity (Wildman–Crippen MR) is 123 cm³/mol. The second-order valence-electron chi connectivity index (χ2n) is 7.25. The number of rotatable bonds is 11. The summed E-state index contributed by atoms with van der Waals surface area (Å²) in [7, 11) is 0. The van der Waals surface area contributed by atoms with Crippen LogP contribution in [0.25, 0.3) is 21.8 Å². The van der Waals surface area contributed by atoms with E-state index in [1.165, 1.54) is 0 Å². The SMILES string of the molecule is CCOc1ccccc1OCCNCC(O)COc1cccc2c1[nH]c1ccccc12. The van der Waals surface area contributed by atoms with Crippen LogP contribution in [-0.4, -0.2) is 49.1 Å². The fourth-order valence-corrected chi connectivity index (χ4v) is 3.56. The van der Waals surface area contributed by atoms with E-state index in [1.807, 2.05) is 61.5 Å². The summed E-state index contributed by atoms with van der Waals surface area (Å²) in [5.74, 6) is 2.20. The number of nitrogens with one attached hydrogen (secondary N) is 2. The molecule has 0 amide bonds. The largest absolute Gasteiger partial charge is 0.490 e. The van der Waals surface area contributed by atoms with Crippen LogP contribution in [0.1, 0.15) is 6.92 Å². The van der Waals surface area contributed by atoms with E-state index in [0.29, 0.717) is 26.3 Å². The van der Waals surface area contributed by atoms with Crippen molar-refractivity contribution in [2.75, 3.05) is 32.9 Å². The van der Waals surface area contributed by atoms with Crippen LogP contribution in [-0.2, 0) is 0 Å². The van der Waals surface area contributed by atoms with Crippen molar-refractivity contribution in [3.8, 4) is 17.2 Å². The van der Waals surface area contributed by atoms with Gasteiger partial charge in [0.05, 0.1) is 12.1 Å². The fraction of sp³-hybridized carbons (Fsp3) is 0.280. The zero-order chi connectivity index (χ0) is 21.5. The lowest BCUT2D eigenvalue weighted by molar-refractivity contribution is 0.106. The number of para-hydroxylation sites is 4. The first-order chi connectivity index (χ1) is 15.3. The maximum absolute atomic E-state index is 10.3. The summed E-state index contributed by atoms with van der Waals surface area (Å²) in [6.45, 7) is 4.24. The van der Waals surface area contributed by atoms with Crippen molar-refractivity contribution in [1.82, 2.24) is 10.3 Å². The Hall–Kier alpha value is -3.22. The van der Waals surface area contributed by atoms with E-state index in [9.17, 15) is 5.11 Å². The molecule has 1 unspecified atom stereocenters. The van der Waals surface area contributed by atoms with Crippen LogP contribution in [0.15, 0.2) is 66.7 Å². The predicted octanol–water partition coefficient (Wildman–Crippen LogP) is 4.13. The Morgan fingerprint density at radius 2 is 1.55 bits per heavy atom. The van der Waals surface area contributed by atoms with Crippen LogP contribution in [0.5, 0.6) is 17.2 Å². The molecule has 0 saturated heterocycles. The lowest BCUT2D eigenvalue weighted by Gasteiger charge is -2.15. The van der Waals surface area contributed by atoms with Crippen molar-refractivity contribution in [2.45, 2.75) is 13.0 Å². The summed E-state index contributed by atoms with van der Waals surface area (Å²) in [6.07, 6.45) is -0.629. The van der Waals surface area contributed by atoms with E-state index in [-0.39, 0.29) is 6.61 Å². The van der Waals surface area contributed by atoms with Crippen LogP contribution < -0.4 is 19.5 Å². The van der Waals surface area contributed by atoms with E-state index in [1.54, 1.807) is 0 Å². The summed E-state index contributed by atoms with van der Waals surface area (Å²) >= 11 is 0. The minimum atomic E-state index is -0.629. The second kappa shape index (κ2) is 10.2. The van der Waals surface area contributed by atoms with E-state index in [0.717, 1.165) is 39.1 Å². The highest BCUT2D eigenvalue weighted by atomic mass is 16.5. The van der Waals surface area contributed by atoms with Crippen molar-refractivity contribution in [1.29, 1.82) is 0 Å². The lowest BCUT2D eigenvalue weighted by Crippen LogP contribution is -2.33. The number of aromatic amines is 1. The third-order valence-corrected chi connectivity index (χ3v) is 5.00. The van der Waals surface area contributed by atoms with Gasteiger partial charge in [0, 0.05) is 29.4 Å². The first-order valence-electron chi connectivity index (χ1n) is 10.6. The molecule has 1 aromatic heterocycles. The Bertz CT molecular complexity index is 1120. The Balaban J connectivity index is 1.24. The normalized spacial score (nSPS) is 12.2. The van der Waals surface area contributed by atoms with Gasteiger partial charge in [-0.1, -0.05) is 42.5 Å². The summed E-state index contributed by atoms with van der Waals surface area (Å²) in [5, 5.41) is 15.8. The molecule has 6 heteroatoms. The lowest BCUT2D eigenvalue weighted by atomic mass is 10.1. The topological polar surface area (TPSA) is 75.7 Å². The smallest absolute Gasteiger partial charge is 0.161 e. The molecule has 0 radical (unpaired) electrons. The first kappa shape index (κ1) is 21.0. The number of hydrogen-bond donors (Lipinski definition) is 3. The van der Waals surface area contributed by atoms with Crippen molar-refractivity contribution in [2.24, 2.45) is 0 Å². The molecule has 1 heterocycles. The highest BCUT2D eigenvalue weighted by Gasteiger charge is 2.11. The van der Waals surface area contributed by atoms with Crippen LogP contribution >= 0.6 is 0 Å². The first-order valence-corrected chi connectivity index (χ1v) is 10.6. The van der Waals surface area contributed by atoms with Crippen LogP contribution in [0.2, 0.25) is 0 Å². The molecule has 0 spiro atoms. The molecule has 0 aliphatic heterocycles. The number of benzene rings is 3. The molecule has 1 atom stereocenters. The van der Waals surface area contributed by atoms with Gasteiger partial charge < -0.3 is 29.6 Å². The van der Waals surface area contributed by atoms with E-state index in [2.05, 4.69) is 22.4 Å². The Morgan fingerprint density at radius 3 is 2.39 bits per heavy atom. The Labute approximate surface area is 181 Å². The van der Waals surface area contributed by atoms with Crippen molar-refractivity contribution >= 4 is 21.8 Å². The van der Waals surface area contributed by atoms with Crippen LogP contribution in [0, 0.1) is 0 Å². The number of aliphatic hydroxyl groups excluding tert-OH is 1. The second-order valence-corrected chi connectivity index (χ2v) is 7.25. The number of aliphatic hydroxyl groups is 1. The monoisotopic (exact) mass is 420 g/mol. The molecular formula is C25H28N2O4. The van der Waals surface area contributed by atoms with Crippen LogP contribution in [0.4, 0.5) is 0 Å². The Kier molecular flexibility index (Phi) is 6.92. The zero-order valence-corrected chi connectivity index (χ0v) is 17.6. The van der Waals surface area contributed by atoms with Gasteiger partial charge in [-0.05, 0) is 31.2 Å². The fourth-order valence-electron chi connectivity index (χ4n) is 3.56. The third kappa shape index (κ3) is 5.10. The molecule has 162 valence electrons. The van der Waals surface area contributed by atoms with Crippen molar-refractivity contribution in [3.63, 3.8) is 0 Å². The molecule has 0 aliphatic rings. The number of ether oxygens (including phenoxy) is 3.